The van der Waals surface area contributed by atoms with Crippen molar-refractivity contribution < 1.29 is 14.5 Å². The second-order valence-electron chi connectivity index (χ2n) is 6.01. The van der Waals surface area contributed by atoms with E-state index in [1.54, 1.807) is 0 Å². The summed E-state index contributed by atoms with van der Waals surface area (Å²) in [7, 11) is 0. The Morgan fingerprint density at radius 1 is 1.07 bits per heavy atom. The molecule has 0 heterocycles. The summed E-state index contributed by atoms with van der Waals surface area (Å²) in [4.78, 5) is 33.8. The minimum Gasteiger partial charge on any atom is -0.326 e. The number of nitro groups is 1. The number of carbonyl (C=O) groups excluding carboxylic acids is 2. The van der Waals surface area contributed by atoms with Gasteiger partial charge < -0.3 is 5.32 Å². The Morgan fingerprint density at radius 2 is 1.74 bits per heavy atom. The molecule has 0 bridgehead atoms. The minimum absolute atomic E-state index is 0.00561. The van der Waals surface area contributed by atoms with Gasteiger partial charge in [0.25, 0.3) is 5.69 Å². The molecule has 2 aromatic rings. The molecule has 0 saturated carbocycles. The van der Waals surface area contributed by atoms with Crippen LogP contribution < -0.4 is 10.7 Å². The Kier molecular flexibility index (Phi) is 6.76. The predicted molar refractivity (Wildman–Crippen MR) is 103 cm³/mol. The van der Waals surface area contributed by atoms with E-state index in [1.807, 2.05) is 32.0 Å². The second kappa shape index (κ2) is 9.23. The maximum atomic E-state index is 12.0. The van der Waals surface area contributed by atoms with Gasteiger partial charge in [0.2, 0.25) is 11.8 Å². The van der Waals surface area contributed by atoms with Crippen molar-refractivity contribution >= 4 is 29.4 Å². The highest BCUT2D eigenvalue weighted by Crippen LogP contribution is 2.16. The first-order valence-corrected chi connectivity index (χ1v) is 8.28. The van der Waals surface area contributed by atoms with Gasteiger partial charge in [-0.2, -0.15) is 5.10 Å². The van der Waals surface area contributed by atoms with Crippen molar-refractivity contribution in [2.45, 2.75) is 26.7 Å². The summed E-state index contributed by atoms with van der Waals surface area (Å²) in [6, 6.07) is 11.4. The van der Waals surface area contributed by atoms with E-state index < -0.39 is 10.8 Å². The zero-order valence-corrected chi connectivity index (χ0v) is 15.1. The Morgan fingerprint density at radius 3 is 2.37 bits per heavy atom. The molecule has 0 aliphatic rings. The molecule has 2 amide bonds. The summed E-state index contributed by atoms with van der Waals surface area (Å²) in [5.41, 5.74) is 5.70. The number of nitrogens with zero attached hydrogens (tertiary/aromatic N) is 2. The third-order valence-corrected chi connectivity index (χ3v) is 3.74. The summed E-state index contributed by atoms with van der Waals surface area (Å²) < 4.78 is 0. The number of anilines is 1. The number of amides is 2. The van der Waals surface area contributed by atoms with Gasteiger partial charge in [-0.25, -0.2) is 5.43 Å². The summed E-state index contributed by atoms with van der Waals surface area (Å²) in [6.45, 7) is 3.88. The van der Waals surface area contributed by atoms with Crippen LogP contribution in [0.3, 0.4) is 0 Å². The van der Waals surface area contributed by atoms with E-state index in [0.717, 1.165) is 16.8 Å². The zero-order chi connectivity index (χ0) is 19.8. The molecule has 2 aromatic carbocycles. The smallest absolute Gasteiger partial charge is 0.269 e. The van der Waals surface area contributed by atoms with Crippen LogP contribution in [0.2, 0.25) is 0 Å². The van der Waals surface area contributed by atoms with Gasteiger partial charge in [0, 0.05) is 30.7 Å². The fraction of sp³-hybridized carbons (Fsp3) is 0.211. The topological polar surface area (TPSA) is 114 Å². The van der Waals surface area contributed by atoms with Crippen molar-refractivity contribution in [3.05, 3.63) is 69.3 Å². The van der Waals surface area contributed by atoms with Crippen LogP contribution in [-0.2, 0) is 9.59 Å². The van der Waals surface area contributed by atoms with E-state index in [2.05, 4.69) is 15.8 Å². The highest BCUT2D eigenvalue weighted by atomic mass is 16.6. The highest BCUT2D eigenvalue weighted by Gasteiger charge is 2.08. The van der Waals surface area contributed by atoms with Crippen molar-refractivity contribution in [1.82, 2.24) is 5.43 Å². The van der Waals surface area contributed by atoms with Crippen molar-refractivity contribution in [2.75, 3.05) is 5.32 Å². The number of benzene rings is 2. The van der Waals surface area contributed by atoms with Crippen molar-refractivity contribution in [1.29, 1.82) is 0 Å². The maximum Gasteiger partial charge on any atom is 0.269 e. The number of hydrazone groups is 1. The van der Waals surface area contributed by atoms with E-state index in [-0.39, 0.29) is 24.4 Å². The first kappa shape index (κ1) is 19.8. The number of carbonyl (C=O) groups is 2. The third kappa shape index (κ3) is 6.35. The molecule has 0 aliphatic carbocycles. The van der Waals surface area contributed by atoms with E-state index in [0.29, 0.717) is 5.56 Å². The molecule has 0 aromatic heterocycles. The van der Waals surface area contributed by atoms with Gasteiger partial charge in [-0.15, -0.1) is 0 Å². The average Bonchev–Trinajstić information content (AvgIpc) is 2.63. The molecule has 0 atom stereocenters. The van der Waals surface area contributed by atoms with Gasteiger partial charge in [0.15, 0.2) is 0 Å². The van der Waals surface area contributed by atoms with Crippen LogP contribution in [0.25, 0.3) is 0 Å². The summed E-state index contributed by atoms with van der Waals surface area (Å²) in [5, 5.41) is 17.1. The van der Waals surface area contributed by atoms with Crippen LogP contribution in [-0.4, -0.2) is 23.0 Å². The number of hydrogen-bond donors (Lipinski definition) is 2. The molecule has 0 aliphatic heterocycles. The van der Waals surface area contributed by atoms with E-state index in [1.165, 1.54) is 30.5 Å². The van der Waals surface area contributed by atoms with Crippen LogP contribution in [0.5, 0.6) is 0 Å². The van der Waals surface area contributed by atoms with Crippen molar-refractivity contribution in [3.8, 4) is 0 Å². The number of hydrogen-bond acceptors (Lipinski definition) is 5. The molecule has 0 spiro atoms. The lowest BCUT2D eigenvalue weighted by Gasteiger charge is -2.08. The number of aryl methyl sites for hydroxylation is 2. The normalized spacial score (nSPS) is 10.6. The van der Waals surface area contributed by atoms with E-state index >= 15 is 0 Å². The molecule has 0 unspecified atom stereocenters. The number of nitro benzene ring substituents is 1. The Balaban J connectivity index is 1.76. The average molecular weight is 368 g/mol. The molecule has 2 N–H and O–H groups in total. The highest BCUT2D eigenvalue weighted by molar-refractivity contribution is 5.94. The molecular formula is C19H20N4O4. The molecule has 140 valence electrons. The van der Waals surface area contributed by atoms with E-state index in [4.69, 9.17) is 0 Å². The van der Waals surface area contributed by atoms with Gasteiger partial charge in [0.05, 0.1) is 11.1 Å². The van der Waals surface area contributed by atoms with Gasteiger partial charge in [-0.05, 0) is 43.2 Å². The number of rotatable bonds is 7. The fourth-order valence-corrected chi connectivity index (χ4v) is 2.31. The van der Waals surface area contributed by atoms with Gasteiger partial charge in [-0.3, -0.25) is 19.7 Å². The largest absolute Gasteiger partial charge is 0.326 e. The molecule has 2 rings (SSSR count). The zero-order valence-electron chi connectivity index (χ0n) is 15.1. The quantitative estimate of drug-likeness (QED) is 0.444. The van der Waals surface area contributed by atoms with Crippen molar-refractivity contribution in [3.63, 3.8) is 0 Å². The lowest BCUT2D eigenvalue weighted by molar-refractivity contribution is -0.384. The van der Waals surface area contributed by atoms with Crippen LogP contribution in [0.1, 0.15) is 29.5 Å². The molecular weight excluding hydrogens is 348 g/mol. The maximum absolute atomic E-state index is 12.0. The lowest BCUT2D eigenvalue weighted by Crippen LogP contribution is -2.20. The summed E-state index contributed by atoms with van der Waals surface area (Å²) in [5.74, 6) is -0.652. The SMILES string of the molecule is Cc1ccc(NC(=O)CCC(=O)N/N=C\c2ccc([N+](=O)[O-])cc2)c(C)c1. The molecule has 8 nitrogen and oxygen atoms in total. The Hall–Kier alpha value is -3.55. The number of non-ortho nitro benzene ring substituents is 1. The Bertz CT molecular complexity index is 876. The summed E-state index contributed by atoms with van der Waals surface area (Å²) >= 11 is 0. The minimum atomic E-state index is -0.494. The first-order valence-electron chi connectivity index (χ1n) is 8.28. The van der Waals surface area contributed by atoms with Crippen LogP contribution in [0.15, 0.2) is 47.6 Å². The van der Waals surface area contributed by atoms with Crippen LogP contribution >= 0.6 is 0 Å². The lowest BCUT2D eigenvalue weighted by atomic mass is 10.1. The molecule has 27 heavy (non-hydrogen) atoms. The second-order valence-corrected chi connectivity index (χ2v) is 6.01. The standard InChI is InChI=1S/C19H20N4O4/c1-13-3-8-17(14(2)11-13)21-18(24)9-10-19(25)22-20-12-15-4-6-16(7-5-15)23(26)27/h3-8,11-12H,9-10H2,1-2H3,(H,21,24)(H,22,25)/b20-12-. The van der Waals surface area contributed by atoms with Gasteiger partial charge >= 0.3 is 0 Å². The van der Waals surface area contributed by atoms with Crippen LogP contribution in [0.4, 0.5) is 11.4 Å². The molecule has 0 radical (unpaired) electrons. The Labute approximate surface area is 156 Å². The predicted octanol–water partition coefficient (Wildman–Crippen LogP) is 3.08. The molecule has 0 fully saturated rings. The molecule has 8 heteroatoms. The number of nitrogens with one attached hydrogen (secondary N) is 2. The van der Waals surface area contributed by atoms with E-state index in [9.17, 15) is 19.7 Å². The van der Waals surface area contributed by atoms with Gasteiger partial charge in [-0.1, -0.05) is 17.7 Å². The van der Waals surface area contributed by atoms with Crippen molar-refractivity contribution in [2.24, 2.45) is 5.10 Å². The first-order chi connectivity index (χ1) is 12.8. The van der Waals surface area contributed by atoms with Gasteiger partial charge in [0.1, 0.15) is 0 Å². The summed E-state index contributed by atoms with van der Waals surface area (Å²) in [6.07, 6.45) is 1.40. The third-order valence-electron chi connectivity index (χ3n) is 3.74. The van der Waals surface area contributed by atoms with Crippen LogP contribution in [0, 0.1) is 24.0 Å². The fourth-order valence-electron chi connectivity index (χ4n) is 2.31. The monoisotopic (exact) mass is 368 g/mol. The molecule has 0 saturated heterocycles.